The second kappa shape index (κ2) is 6.16. The van der Waals surface area contributed by atoms with Gasteiger partial charge in [-0.15, -0.1) is 0 Å². The molecule has 116 valence electrons. The van der Waals surface area contributed by atoms with Crippen molar-refractivity contribution in [2.45, 2.75) is 20.8 Å². The van der Waals surface area contributed by atoms with Crippen molar-refractivity contribution in [3.63, 3.8) is 0 Å². The molecule has 0 saturated carbocycles. The number of nitrogens with zero attached hydrogens (tertiary/aromatic N) is 2. The van der Waals surface area contributed by atoms with Gasteiger partial charge in [-0.1, -0.05) is 30.3 Å². The van der Waals surface area contributed by atoms with Crippen LogP contribution in [-0.4, -0.2) is 22.5 Å². The first-order valence-corrected chi connectivity index (χ1v) is 7.61. The summed E-state index contributed by atoms with van der Waals surface area (Å²) in [7, 11) is 0. The summed E-state index contributed by atoms with van der Waals surface area (Å²) in [4.78, 5) is 21.3. The summed E-state index contributed by atoms with van der Waals surface area (Å²) in [5.41, 5.74) is 4.04. The maximum Gasteiger partial charge on any atom is 0.338 e. The number of hydrogen-bond donors (Lipinski definition) is 0. The number of ether oxygens (including phenoxy) is 1. The fourth-order valence-corrected chi connectivity index (χ4v) is 2.76. The molecule has 3 aromatic rings. The molecule has 0 aliphatic carbocycles. The third-order valence-electron chi connectivity index (χ3n) is 3.83. The minimum atomic E-state index is -0.302. The van der Waals surface area contributed by atoms with E-state index in [1.165, 1.54) is 0 Å². The first-order chi connectivity index (χ1) is 11.1. The standard InChI is InChI=1S/C19H18N2O2/c1-4-23-19(22)16-12(2)10-15-11-20-18(21-17(15)13(16)3)14-8-6-5-7-9-14/h5-11H,4H2,1-3H3. The van der Waals surface area contributed by atoms with E-state index in [9.17, 15) is 4.79 Å². The maximum absolute atomic E-state index is 12.2. The summed E-state index contributed by atoms with van der Waals surface area (Å²) >= 11 is 0. The lowest BCUT2D eigenvalue weighted by molar-refractivity contribution is 0.0525. The summed E-state index contributed by atoms with van der Waals surface area (Å²) in [5.74, 6) is 0.351. The molecule has 4 heteroatoms. The normalized spacial score (nSPS) is 10.7. The predicted molar refractivity (Wildman–Crippen MR) is 90.4 cm³/mol. The average Bonchev–Trinajstić information content (AvgIpc) is 2.56. The smallest absolute Gasteiger partial charge is 0.338 e. The second-order valence-corrected chi connectivity index (χ2v) is 5.41. The van der Waals surface area contributed by atoms with Crippen molar-refractivity contribution in [1.29, 1.82) is 0 Å². The molecule has 1 heterocycles. The molecule has 0 saturated heterocycles. The van der Waals surface area contributed by atoms with Crippen LogP contribution in [0.5, 0.6) is 0 Å². The van der Waals surface area contributed by atoms with Gasteiger partial charge in [0.15, 0.2) is 5.82 Å². The minimum Gasteiger partial charge on any atom is -0.462 e. The third-order valence-corrected chi connectivity index (χ3v) is 3.83. The Labute approximate surface area is 135 Å². The van der Waals surface area contributed by atoms with Crippen LogP contribution in [0.25, 0.3) is 22.3 Å². The zero-order valence-electron chi connectivity index (χ0n) is 13.5. The highest BCUT2D eigenvalue weighted by molar-refractivity contribution is 5.99. The third kappa shape index (κ3) is 2.80. The molecule has 0 amide bonds. The molecule has 0 atom stereocenters. The summed E-state index contributed by atoms with van der Waals surface area (Å²) < 4.78 is 5.17. The number of carbonyl (C=O) groups is 1. The molecular formula is C19H18N2O2. The van der Waals surface area contributed by atoms with Gasteiger partial charge in [-0.25, -0.2) is 14.8 Å². The molecule has 1 aromatic heterocycles. The number of esters is 1. The summed E-state index contributed by atoms with van der Waals surface area (Å²) in [6.07, 6.45) is 1.81. The number of benzene rings is 2. The highest BCUT2D eigenvalue weighted by atomic mass is 16.5. The molecule has 0 bridgehead atoms. The van der Waals surface area contributed by atoms with Crippen LogP contribution in [0.4, 0.5) is 0 Å². The Hall–Kier alpha value is -2.75. The van der Waals surface area contributed by atoms with Gasteiger partial charge in [0.25, 0.3) is 0 Å². The molecular weight excluding hydrogens is 288 g/mol. The van der Waals surface area contributed by atoms with E-state index in [1.54, 1.807) is 13.1 Å². The van der Waals surface area contributed by atoms with Crippen LogP contribution in [0.1, 0.15) is 28.4 Å². The van der Waals surface area contributed by atoms with Gasteiger partial charge >= 0.3 is 5.97 Å². The van der Waals surface area contributed by atoms with Crippen LogP contribution in [0.2, 0.25) is 0 Å². The number of carbonyl (C=O) groups excluding carboxylic acids is 1. The molecule has 2 aromatic carbocycles. The molecule has 0 unspecified atom stereocenters. The van der Waals surface area contributed by atoms with Gasteiger partial charge in [-0.2, -0.15) is 0 Å². The topological polar surface area (TPSA) is 52.1 Å². The molecule has 0 radical (unpaired) electrons. The molecule has 0 aliphatic rings. The van der Waals surface area contributed by atoms with Gasteiger partial charge < -0.3 is 4.74 Å². The lowest BCUT2D eigenvalue weighted by Gasteiger charge is -2.12. The fraction of sp³-hybridized carbons (Fsp3) is 0.211. The Morgan fingerprint density at radius 2 is 1.91 bits per heavy atom. The second-order valence-electron chi connectivity index (χ2n) is 5.41. The van der Waals surface area contributed by atoms with Crippen LogP contribution < -0.4 is 0 Å². The average molecular weight is 306 g/mol. The zero-order chi connectivity index (χ0) is 16.4. The van der Waals surface area contributed by atoms with E-state index in [0.717, 1.165) is 27.6 Å². The maximum atomic E-state index is 12.2. The lowest BCUT2D eigenvalue weighted by Crippen LogP contribution is -2.10. The quantitative estimate of drug-likeness (QED) is 0.684. The minimum absolute atomic E-state index is 0.302. The van der Waals surface area contributed by atoms with Gasteiger partial charge in [-0.05, 0) is 38.0 Å². The van der Waals surface area contributed by atoms with Crippen molar-refractivity contribution in [3.8, 4) is 11.4 Å². The van der Waals surface area contributed by atoms with Crippen LogP contribution in [-0.2, 0) is 4.74 Å². The highest BCUT2D eigenvalue weighted by Crippen LogP contribution is 2.26. The van der Waals surface area contributed by atoms with Crippen LogP contribution in [0, 0.1) is 13.8 Å². The molecule has 0 aliphatic heterocycles. The molecule has 0 spiro atoms. The first-order valence-electron chi connectivity index (χ1n) is 7.61. The van der Waals surface area contributed by atoms with Gasteiger partial charge in [0, 0.05) is 17.1 Å². The van der Waals surface area contributed by atoms with Gasteiger partial charge in [0.2, 0.25) is 0 Å². The molecule has 23 heavy (non-hydrogen) atoms. The number of hydrogen-bond acceptors (Lipinski definition) is 4. The van der Waals surface area contributed by atoms with Gasteiger partial charge in [-0.3, -0.25) is 0 Å². The highest BCUT2D eigenvalue weighted by Gasteiger charge is 2.17. The molecule has 3 rings (SSSR count). The van der Waals surface area contributed by atoms with E-state index in [1.807, 2.05) is 50.2 Å². The van der Waals surface area contributed by atoms with E-state index in [2.05, 4.69) is 9.97 Å². The Kier molecular flexibility index (Phi) is 4.06. The number of aromatic nitrogens is 2. The Morgan fingerprint density at radius 3 is 2.61 bits per heavy atom. The predicted octanol–water partition coefficient (Wildman–Crippen LogP) is 4.09. The van der Waals surface area contributed by atoms with E-state index in [-0.39, 0.29) is 5.97 Å². The van der Waals surface area contributed by atoms with Crippen molar-refractivity contribution < 1.29 is 9.53 Å². The summed E-state index contributed by atoms with van der Waals surface area (Å²) in [6.45, 7) is 5.97. The Morgan fingerprint density at radius 1 is 1.17 bits per heavy atom. The summed E-state index contributed by atoms with van der Waals surface area (Å²) in [5, 5.41) is 0.924. The summed E-state index contributed by atoms with van der Waals surface area (Å²) in [6, 6.07) is 11.7. The Bertz CT molecular complexity index is 873. The van der Waals surface area contributed by atoms with Crippen molar-refractivity contribution in [1.82, 2.24) is 9.97 Å². The van der Waals surface area contributed by atoms with Crippen molar-refractivity contribution >= 4 is 16.9 Å². The van der Waals surface area contributed by atoms with Crippen molar-refractivity contribution in [2.75, 3.05) is 6.61 Å². The largest absolute Gasteiger partial charge is 0.462 e. The van der Waals surface area contributed by atoms with E-state index in [4.69, 9.17) is 4.74 Å². The van der Waals surface area contributed by atoms with Crippen molar-refractivity contribution in [2.24, 2.45) is 0 Å². The number of fused-ring (bicyclic) bond motifs is 1. The van der Waals surface area contributed by atoms with E-state index in [0.29, 0.717) is 18.0 Å². The zero-order valence-corrected chi connectivity index (χ0v) is 13.5. The monoisotopic (exact) mass is 306 g/mol. The molecule has 0 N–H and O–H groups in total. The van der Waals surface area contributed by atoms with Crippen LogP contribution >= 0.6 is 0 Å². The van der Waals surface area contributed by atoms with Crippen molar-refractivity contribution in [3.05, 3.63) is 59.3 Å². The Balaban J connectivity index is 2.20. The fourth-order valence-electron chi connectivity index (χ4n) is 2.76. The molecule has 4 nitrogen and oxygen atoms in total. The number of rotatable bonds is 3. The lowest BCUT2D eigenvalue weighted by atomic mass is 9.99. The van der Waals surface area contributed by atoms with Gasteiger partial charge in [0.05, 0.1) is 17.7 Å². The van der Waals surface area contributed by atoms with Crippen LogP contribution in [0.15, 0.2) is 42.6 Å². The SMILES string of the molecule is CCOC(=O)c1c(C)cc2cnc(-c3ccccc3)nc2c1C. The van der Waals surface area contributed by atoms with E-state index >= 15 is 0 Å². The first kappa shape index (κ1) is 15.2. The molecule has 0 fully saturated rings. The number of aryl methyl sites for hydroxylation is 2. The van der Waals surface area contributed by atoms with Gasteiger partial charge in [0.1, 0.15) is 0 Å². The van der Waals surface area contributed by atoms with Crippen LogP contribution in [0.3, 0.4) is 0 Å². The van der Waals surface area contributed by atoms with E-state index < -0.39 is 0 Å².